The van der Waals surface area contributed by atoms with Crippen molar-refractivity contribution in [1.29, 1.82) is 0 Å². The number of amides is 1. The van der Waals surface area contributed by atoms with Crippen molar-refractivity contribution in [3.05, 3.63) is 48.0 Å². The highest BCUT2D eigenvalue weighted by molar-refractivity contribution is 5.90. The molecule has 2 aromatic rings. The number of hydrogen-bond donors (Lipinski definition) is 2. The van der Waals surface area contributed by atoms with Gasteiger partial charge in [-0.25, -0.2) is 0 Å². The molecule has 1 aliphatic rings. The van der Waals surface area contributed by atoms with Gasteiger partial charge < -0.3 is 11.1 Å². The number of hydrogen-bond acceptors (Lipinski definition) is 2. The zero-order chi connectivity index (χ0) is 14.0. The Kier molecular flexibility index (Phi) is 3.45. The lowest BCUT2D eigenvalue weighted by molar-refractivity contribution is -0.123. The van der Waals surface area contributed by atoms with Crippen LogP contribution in [0.4, 0.5) is 0 Å². The fourth-order valence-corrected chi connectivity index (χ4v) is 2.94. The zero-order valence-electron chi connectivity index (χ0n) is 11.6. The van der Waals surface area contributed by atoms with Crippen molar-refractivity contribution in [3.63, 3.8) is 0 Å². The minimum absolute atomic E-state index is 0.0755. The molecule has 0 radical (unpaired) electrons. The molecule has 0 atom stereocenters. The molecule has 104 valence electrons. The standard InChI is InChI=1S/C17H20N2O/c18-12-17(9-4-10-17)19-16(20)11-14-7-3-6-13-5-1-2-8-15(13)14/h1-3,5-8H,4,9-12,18H2,(H,19,20). The Labute approximate surface area is 119 Å². The Morgan fingerprint density at radius 2 is 1.90 bits per heavy atom. The summed E-state index contributed by atoms with van der Waals surface area (Å²) in [5.74, 6) is 0.0755. The van der Waals surface area contributed by atoms with E-state index in [0.29, 0.717) is 13.0 Å². The van der Waals surface area contributed by atoms with Crippen molar-refractivity contribution in [2.45, 2.75) is 31.2 Å². The molecule has 3 N–H and O–H groups in total. The van der Waals surface area contributed by atoms with Gasteiger partial charge in [0.1, 0.15) is 0 Å². The van der Waals surface area contributed by atoms with Gasteiger partial charge in [-0.2, -0.15) is 0 Å². The minimum atomic E-state index is -0.137. The maximum absolute atomic E-state index is 12.3. The molecule has 1 fully saturated rings. The molecule has 1 aliphatic carbocycles. The monoisotopic (exact) mass is 268 g/mol. The highest BCUT2D eigenvalue weighted by Gasteiger charge is 2.36. The van der Waals surface area contributed by atoms with E-state index in [9.17, 15) is 4.79 Å². The van der Waals surface area contributed by atoms with E-state index in [1.807, 2.05) is 24.3 Å². The van der Waals surface area contributed by atoms with Crippen LogP contribution < -0.4 is 11.1 Å². The minimum Gasteiger partial charge on any atom is -0.349 e. The second-order valence-corrected chi connectivity index (χ2v) is 5.70. The number of nitrogens with two attached hydrogens (primary N) is 1. The van der Waals surface area contributed by atoms with Gasteiger partial charge in [0, 0.05) is 6.54 Å². The number of benzene rings is 2. The van der Waals surface area contributed by atoms with Crippen LogP contribution in [0.25, 0.3) is 10.8 Å². The molecule has 3 nitrogen and oxygen atoms in total. The summed E-state index contributed by atoms with van der Waals surface area (Å²) in [4.78, 5) is 12.3. The second kappa shape index (κ2) is 5.25. The number of rotatable bonds is 4. The van der Waals surface area contributed by atoms with E-state index < -0.39 is 0 Å². The van der Waals surface area contributed by atoms with Crippen LogP contribution in [0.3, 0.4) is 0 Å². The van der Waals surface area contributed by atoms with Crippen LogP contribution >= 0.6 is 0 Å². The number of carbonyl (C=O) groups excluding carboxylic acids is 1. The molecule has 3 heteroatoms. The normalized spacial score (nSPS) is 16.6. The Morgan fingerprint density at radius 3 is 2.60 bits per heavy atom. The molecule has 0 spiro atoms. The van der Waals surface area contributed by atoms with Crippen molar-refractivity contribution >= 4 is 16.7 Å². The van der Waals surface area contributed by atoms with Gasteiger partial charge in [-0.05, 0) is 35.6 Å². The van der Waals surface area contributed by atoms with Gasteiger partial charge in [0.25, 0.3) is 0 Å². The van der Waals surface area contributed by atoms with Crippen LogP contribution in [-0.4, -0.2) is 18.0 Å². The van der Waals surface area contributed by atoms with Crippen molar-refractivity contribution in [2.75, 3.05) is 6.54 Å². The van der Waals surface area contributed by atoms with E-state index >= 15 is 0 Å². The summed E-state index contributed by atoms with van der Waals surface area (Å²) in [5.41, 5.74) is 6.73. The second-order valence-electron chi connectivity index (χ2n) is 5.70. The van der Waals surface area contributed by atoms with Crippen molar-refractivity contribution in [3.8, 4) is 0 Å². The molecular weight excluding hydrogens is 248 g/mol. The molecule has 0 heterocycles. The van der Waals surface area contributed by atoms with Crippen molar-refractivity contribution < 1.29 is 4.79 Å². The smallest absolute Gasteiger partial charge is 0.224 e. The van der Waals surface area contributed by atoms with Gasteiger partial charge in [-0.15, -0.1) is 0 Å². The molecule has 20 heavy (non-hydrogen) atoms. The molecule has 0 aromatic heterocycles. The first-order valence-electron chi connectivity index (χ1n) is 7.20. The van der Waals surface area contributed by atoms with Crippen LogP contribution in [0, 0.1) is 0 Å². The van der Waals surface area contributed by atoms with Crippen LogP contribution in [0.2, 0.25) is 0 Å². The SMILES string of the molecule is NCC1(NC(=O)Cc2cccc3ccccc23)CCC1. The van der Waals surface area contributed by atoms with E-state index in [4.69, 9.17) is 5.73 Å². The molecule has 1 amide bonds. The average Bonchev–Trinajstić information content (AvgIpc) is 2.43. The quantitative estimate of drug-likeness (QED) is 0.894. The molecule has 0 saturated heterocycles. The zero-order valence-corrected chi connectivity index (χ0v) is 11.6. The summed E-state index contributed by atoms with van der Waals surface area (Å²) in [6, 6.07) is 14.3. The van der Waals surface area contributed by atoms with E-state index in [0.717, 1.165) is 30.2 Å². The summed E-state index contributed by atoms with van der Waals surface area (Å²) in [6.07, 6.45) is 3.59. The predicted molar refractivity (Wildman–Crippen MR) is 81.4 cm³/mol. The highest BCUT2D eigenvalue weighted by Crippen LogP contribution is 2.30. The predicted octanol–water partition coefficient (Wildman–Crippen LogP) is 2.38. The largest absolute Gasteiger partial charge is 0.349 e. The van der Waals surface area contributed by atoms with Crippen molar-refractivity contribution in [2.24, 2.45) is 5.73 Å². The molecule has 2 aromatic carbocycles. The van der Waals surface area contributed by atoms with E-state index in [2.05, 4.69) is 23.5 Å². The molecule has 3 rings (SSSR count). The lowest BCUT2D eigenvalue weighted by Gasteiger charge is -2.41. The molecule has 1 saturated carbocycles. The molecule has 0 unspecified atom stereocenters. The van der Waals surface area contributed by atoms with Crippen LogP contribution in [-0.2, 0) is 11.2 Å². The van der Waals surface area contributed by atoms with Gasteiger partial charge >= 0.3 is 0 Å². The van der Waals surface area contributed by atoms with Crippen LogP contribution in [0.1, 0.15) is 24.8 Å². The van der Waals surface area contributed by atoms with E-state index in [-0.39, 0.29) is 11.4 Å². The number of carbonyl (C=O) groups is 1. The highest BCUT2D eigenvalue weighted by atomic mass is 16.1. The first kappa shape index (κ1) is 13.1. The Balaban J connectivity index is 1.77. The lowest BCUT2D eigenvalue weighted by Crippen LogP contribution is -2.58. The van der Waals surface area contributed by atoms with Gasteiger partial charge in [-0.3, -0.25) is 4.79 Å². The third kappa shape index (κ3) is 2.41. The molecule has 0 aliphatic heterocycles. The first-order chi connectivity index (χ1) is 9.72. The lowest BCUT2D eigenvalue weighted by atomic mass is 9.76. The first-order valence-corrected chi connectivity index (χ1v) is 7.20. The van der Waals surface area contributed by atoms with Gasteiger partial charge in [-0.1, -0.05) is 42.5 Å². The number of nitrogens with one attached hydrogen (secondary N) is 1. The average molecular weight is 268 g/mol. The third-order valence-corrected chi connectivity index (χ3v) is 4.34. The van der Waals surface area contributed by atoms with Gasteiger partial charge in [0.05, 0.1) is 12.0 Å². The fraction of sp³-hybridized carbons (Fsp3) is 0.353. The topological polar surface area (TPSA) is 55.1 Å². The maximum atomic E-state index is 12.3. The van der Waals surface area contributed by atoms with Crippen LogP contribution in [0.5, 0.6) is 0 Å². The number of fused-ring (bicyclic) bond motifs is 1. The van der Waals surface area contributed by atoms with Crippen molar-refractivity contribution in [1.82, 2.24) is 5.32 Å². The molecular formula is C17H20N2O. The third-order valence-electron chi connectivity index (χ3n) is 4.34. The molecule has 0 bridgehead atoms. The van der Waals surface area contributed by atoms with Gasteiger partial charge in [0.2, 0.25) is 5.91 Å². The summed E-state index contributed by atoms with van der Waals surface area (Å²) in [7, 11) is 0. The summed E-state index contributed by atoms with van der Waals surface area (Å²) in [5, 5.41) is 5.46. The van der Waals surface area contributed by atoms with E-state index in [1.165, 1.54) is 5.39 Å². The summed E-state index contributed by atoms with van der Waals surface area (Å²) >= 11 is 0. The van der Waals surface area contributed by atoms with Crippen LogP contribution in [0.15, 0.2) is 42.5 Å². The summed E-state index contributed by atoms with van der Waals surface area (Å²) < 4.78 is 0. The Hall–Kier alpha value is -1.87. The van der Waals surface area contributed by atoms with E-state index in [1.54, 1.807) is 0 Å². The fourth-order valence-electron chi connectivity index (χ4n) is 2.94. The Morgan fingerprint density at radius 1 is 1.15 bits per heavy atom. The maximum Gasteiger partial charge on any atom is 0.224 e. The van der Waals surface area contributed by atoms with Gasteiger partial charge in [0.15, 0.2) is 0 Å². The summed E-state index contributed by atoms with van der Waals surface area (Å²) in [6.45, 7) is 0.536. The Bertz CT molecular complexity index is 621.